The molecule has 1 aromatic rings. The van der Waals surface area contributed by atoms with Crippen LogP contribution in [0.2, 0.25) is 0 Å². The Morgan fingerprint density at radius 1 is 1.38 bits per heavy atom. The monoisotopic (exact) mass is 290 g/mol. The molecule has 1 saturated heterocycles. The Morgan fingerprint density at radius 2 is 2.10 bits per heavy atom. The van der Waals surface area contributed by atoms with Gasteiger partial charge in [-0.3, -0.25) is 0 Å². The number of aliphatic carboxylic acids is 1. The second kappa shape index (κ2) is 6.16. The molecule has 2 amide bonds. The van der Waals surface area contributed by atoms with E-state index in [2.05, 4.69) is 5.32 Å². The lowest BCUT2D eigenvalue weighted by Crippen LogP contribution is -2.55. The Morgan fingerprint density at radius 3 is 2.71 bits per heavy atom. The molecule has 1 heterocycles. The predicted molar refractivity (Wildman–Crippen MR) is 80.0 cm³/mol. The highest BCUT2D eigenvalue weighted by Crippen LogP contribution is 2.32. The zero-order chi connectivity index (χ0) is 15.5. The number of likely N-dealkylation sites (tertiary alicyclic amines) is 1. The Bertz CT molecular complexity index is 544. The van der Waals surface area contributed by atoms with Gasteiger partial charge in [0.2, 0.25) is 0 Å². The van der Waals surface area contributed by atoms with Gasteiger partial charge in [-0.2, -0.15) is 0 Å². The van der Waals surface area contributed by atoms with Crippen LogP contribution in [0.5, 0.6) is 0 Å². The van der Waals surface area contributed by atoms with Gasteiger partial charge in [-0.1, -0.05) is 31.2 Å². The van der Waals surface area contributed by atoms with Gasteiger partial charge in [-0.15, -0.1) is 0 Å². The van der Waals surface area contributed by atoms with Gasteiger partial charge in [0.05, 0.1) is 0 Å². The van der Waals surface area contributed by atoms with Crippen LogP contribution in [0.4, 0.5) is 4.79 Å². The van der Waals surface area contributed by atoms with E-state index in [1.165, 1.54) is 4.90 Å². The number of benzene rings is 1. The van der Waals surface area contributed by atoms with Gasteiger partial charge in [0.25, 0.3) is 0 Å². The minimum atomic E-state index is -1.05. The Labute approximate surface area is 125 Å². The maximum Gasteiger partial charge on any atom is 0.329 e. The molecule has 1 atom stereocenters. The Balaban J connectivity index is 2.06. The second-order valence-electron chi connectivity index (χ2n) is 5.53. The molecule has 0 saturated carbocycles. The van der Waals surface area contributed by atoms with Crippen molar-refractivity contribution >= 4 is 12.0 Å². The van der Waals surface area contributed by atoms with Crippen LogP contribution in [0.1, 0.15) is 37.3 Å². The minimum absolute atomic E-state index is 0.292. The van der Waals surface area contributed by atoms with Gasteiger partial charge in [-0.05, 0) is 37.3 Å². The van der Waals surface area contributed by atoms with Crippen molar-refractivity contribution in [2.24, 2.45) is 0 Å². The van der Waals surface area contributed by atoms with Gasteiger partial charge in [-0.25, -0.2) is 9.59 Å². The number of carbonyl (C=O) groups excluding carboxylic acids is 1. The molecule has 1 unspecified atom stereocenters. The van der Waals surface area contributed by atoms with Crippen LogP contribution in [-0.2, 0) is 11.3 Å². The molecule has 1 aromatic carbocycles. The average molecular weight is 290 g/mol. The first-order valence-corrected chi connectivity index (χ1v) is 7.34. The lowest BCUT2D eigenvalue weighted by molar-refractivity contribution is -0.148. The van der Waals surface area contributed by atoms with Crippen molar-refractivity contribution in [3.63, 3.8) is 0 Å². The topological polar surface area (TPSA) is 69.6 Å². The SMILES string of the molecule is CCC1(C(=O)O)CCCN1C(=O)NCc1ccccc1C. The molecule has 0 aromatic heterocycles. The maximum atomic E-state index is 12.4. The molecular weight excluding hydrogens is 268 g/mol. The number of rotatable bonds is 4. The first kappa shape index (κ1) is 15.4. The fourth-order valence-electron chi connectivity index (χ4n) is 2.99. The number of aryl methyl sites for hydroxylation is 1. The zero-order valence-corrected chi connectivity index (χ0v) is 12.6. The molecule has 2 rings (SSSR count). The highest BCUT2D eigenvalue weighted by atomic mass is 16.4. The Kier molecular flexibility index (Phi) is 4.50. The molecule has 2 N–H and O–H groups in total. The van der Waals surface area contributed by atoms with E-state index in [9.17, 15) is 14.7 Å². The average Bonchev–Trinajstić information content (AvgIpc) is 2.91. The van der Waals surface area contributed by atoms with E-state index in [1.807, 2.05) is 38.1 Å². The summed E-state index contributed by atoms with van der Waals surface area (Å²) in [5.74, 6) is -0.909. The number of carboxylic acid groups (broad SMARTS) is 1. The van der Waals surface area contributed by atoms with E-state index in [0.717, 1.165) is 17.5 Å². The van der Waals surface area contributed by atoms with Crippen molar-refractivity contribution in [2.45, 2.75) is 45.2 Å². The normalized spacial score (nSPS) is 21.3. The summed E-state index contributed by atoms with van der Waals surface area (Å²) >= 11 is 0. The van der Waals surface area contributed by atoms with Gasteiger partial charge in [0.15, 0.2) is 0 Å². The molecule has 0 radical (unpaired) electrons. The molecule has 1 aliphatic heterocycles. The van der Waals surface area contributed by atoms with E-state index in [-0.39, 0.29) is 6.03 Å². The molecule has 1 fully saturated rings. The number of carboxylic acids is 1. The van der Waals surface area contributed by atoms with Gasteiger partial charge in [0, 0.05) is 13.1 Å². The van der Waals surface area contributed by atoms with E-state index < -0.39 is 11.5 Å². The quantitative estimate of drug-likeness (QED) is 0.895. The van der Waals surface area contributed by atoms with Crippen LogP contribution in [0.25, 0.3) is 0 Å². The smallest absolute Gasteiger partial charge is 0.329 e. The number of hydrogen-bond acceptors (Lipinski definition) is 2. The van der Waals surface area contributed by atoms with Crippen molar-refractivity contribution in [3.05, 3.63) is 35.4 Å². The fourth-order valence-corrected chi connectivity index (χ4v) is 2.99. The van der Waals surface area contributed by atoms with Crippen LogP contribution in [0.3, 0.4) is 0 Å². The van der Waals surface area contributed by atoms with Crippen molar-refractivity contribution in [1.29, 1.82) is 0 Å². The molecule has 0 spiro atoms. The number of urea groups is 1. The highest BCUT2D eigenvalue weighted by molar-refractivity contribution is 5.87. The molecule has 114 valence electrons. The highest BCUT2D eigenvalue weighted by Gasteiger charge is 2.48. The number of amides is 2. The van der Waals surface area contributed by atoms with Crippen molar-refractivity contribution in [2.75, 3.05) is 6.54 Å². The molecule has 0 aliphatic carbocycles. The van der Waals surface area contributed by atoms with Gasteiger partial charge >= 0.3 is 12.0 Å². The summed E-state index contributed by atoms with van der Waals surface area (Å²) in [7, 11) is 0. The number of nitrogens with one attached hydrogen (secondary N) is 1. The maximum absolute atomic E-state index is 12.4. The van der Waals surface area contributed by atoms with E-state index in [0.29, 0.717) is 25.9 Å². The van der Waals surface area contributed by atoms with Crippen LogP contribution in [0.15, 0.2) is 24.3 Å². The first-order chi connectivity index (χ1) is 10.0. The zero-order valence-electron chi connectivity index (χ0n) is 12.6. The van der Waals surface area contributed by atoms with Gasteiger partial charge < -0.3 is 15.3 Å². The fraction of sp³-hybridized carbons (Fsp3) is 0.500. The third-order valence-electron chi connectivity index (χ3n) is 4.41. The van der Waals surface area contributed by atoms with Crippen LogP contribution < -0.4 is 5.32 Å². The molecule has 0 bridgehead atoms. The lowest BCUT2D eigenvalue weighted by atomic mass is 9.93. The first-order valence-electron chi connectivity index (χ1n) is 7.34. The molecule has 21 heavy (non-hydrogen) atoms. The largest absolute Gasteiger partial charge is 0.479 e. The van der Waals surface area contributed by atoms with Crippen LogP contribution in [-0.4, -0.2) is 34.1 Å². The Hall–Kier alpha value is -2.04. The molecular formula is C16H22N2O3. The summed E-state index contributed by atoms with van der Waals surface area (Å²) in [6.45, 7) is 4.73. The summed E-state index contributed by atoms with van der Waals surface area (Å²) in [6.07, 6.45) is 1.69. The van der Waals surface area contributed by atoms with Crippen LogP contribution in [0, 0.1) is 6.92 Å². The number of nitrogens with zero attached hydrogens (tertiary/aromatic N) is 1. The summed E-state index contributed by atoms with van der Waals surface area (Å²) in [5, 5.41) is 12.3. The minimum Gasteiger partial charge on any atom is -0.479 e. The van der Waals surface area contributed by atoms with Crippen molar-refractivity contribution < 1.29 is 14.7 Å². The summed E-state index contributed by atoms with van der Waals surface area (Å²) in [5.41, 5.74) is 1.11. The van der Waals surface area contributed by atoms with E-state index >= 15 is 0 Å². The van der Waals surface area contributed by atoms with E-state index in [1.54, 1.807) is 0 Å². The third-order valence-corrected chi connectivity index (χ3v) is 4.41. The lowest BCUT2D eigenvalue weighted by Gasteiger charge is -2.33. The van der Waals surface area contributed by atoms with Crippen molar-refractivity contribution in [3.8, 4) is 0 Å². The second-order valence-corrected chi connectivity index (χ2v) is 5.53. The number of carbonyl (C=O) groups is 2. The number of hydrogen-bond donors (Lipinski definition) is 2. The standard InChI is InChI=1S/C16H22N2O3/c1-3-16(14(19)20)9-6-10-18(16)15(21)17-11-13-8-5-4-7-12(13)2/h4-5,7-8H,3,6,9-11H2,1-2H3,(H,17,21)(H,19,20). The van der Waals surface area contributed by atoms with Gasteiger partial charge in [0.1, 0.15) is 5.54 Å². The summed E-state index contributed by atoms with van der Waals surface area (Å²) < 4.78 is 0. The molecule has 1 aliphatic rings. The van der Waals surface area contributed by atoms with Crippen LogP contribution >= 0.6 is 0 Å². The molecule has 5 heteroatoms. The van der Waals surface area contributed by atoms with Crippen molar-refractivity contribution in [1.82, 2.24) is 10.2 Å². The van der Waals surface area contributed by atoms with E-state index in [4.69, 9.17) is 0 Å². The summed E-state index contributed by atoms with van der Waals surface area (Å²) in [6, 6.07) is 7.54. The molecule has 5 nitrogen and oxygen atoms in total. The summed E-state index contributed by atoms with van der Waals surface area (Å²) in [4.78, 5) is 25.4. The predicted octanol–water partition coefficient (Wildman–Crippen LogP) is 2.53. The third kappa shape index (κ3) is 2.86.